The summed E-state index contributed by atoms with van der Waals surface area (Å²) in [6.45, 7) is 5.23. The molecule has 0 unspecified atom stereocenters. The van der Waals surface area contributed by atoms with Crippen LogP contribution in [0.4, 0.5) is 15.7 Å². The highest BCUT2D eigenvalue weighted by Gasteiger charge is 2.18. The highest BCUT2D eigenvalue weighted by molar-refractivity contribution is 7.17. The van der Waals surface area contributed by atoms with Crippen LogP contribution in [0, 0.1) is 6.92 Å². The average molecular weight is 320 g/mol. The molecule has 2 aromatic heterocycles. The molecule has 0 bridgehead atoms. The van der Waals surface area contributed by atoms with Gasteiger partial charge in [0, 0.05) is 6.20 Å². The molecule has 0 aromatic carbocycles. The number of amides is 2. The first kappa shape index (κ1) is 15.9. The fourth-order valence-electron chi connectivity index (χ4n) is 1.59. The van der Waals surface area contributed by atoms with Gasteiger partial charge < -0.3 is 4.74 Å². The van der Waals surface area contributed by atoms with Crippen LogP contribution in [0.5, 0.6) is 0 Å². The van der Waals surface area contributed by atoms with E-state index in [2.05, 4.69) is 20.6 Å². The van der Waals surface area contributed by atoms with Crippen LogP contribution in [0.2, 0.25) is 0 Å². The largest absolute Gasteiger partial charge is 0.459 e. The zero-order valence-corrected chi connectivity index (χ0v) is 13.2. The van der Waals surface area contributed by atoms with Crippen molar-refractivity contribution in [3.05, 3.63) is 35.0 Å². The lowest BCUT2D eigenvalue weighted by molar-refractivity contribution is 0.0382. The molecule has 0 fully saturated rings. The smallest absolute Gasteiger partial charge is 0.350 e. The first-order valence-electron chi connectivity index (χ1n) is 6.63. The molecule has 0 aliphatic rings. The van der Waals surface area contributed by atoms with Crippen LogP contribution in [0.15, 0.2) is 24.4 Å². The van der Waals surface area contributed by atoms with Crippen LogP contribution in [0.1, 0.15) is 29.2 Å². The molecule has 2 aromatic rings. The van der Waals surface area contributed by atoms with Crippen molar-refractivity contribution in [2.45, 2.75) is 26.9 Å². The van der Waals surface area contributed by atoms with Crippen LogP contribution in [-0.2, 0) is 4.74 Å². The summed E-state index contributed by atoms with van der Waals surface area (Å²) in [5.74, 6) is -0.0177. The topological polar surface area (TPSA) is 93.2 Å². The monoisotopic (exact) mass is 320 g/mol. The molecule has 8 heteroatoms. The molecule has 2 amide bonds. The van der Waals surface area contributed by atoms with Gasteiger partial charge in [-0.1, -0.05) is 17.4 Å². The summed E-state index contributed by atoms with van der Waals surface area (Å²) in [6.07, 6.45) is 1.36. The summed E-state index contributed by atoms with van der Waals surface area (Å²) in [6, 6.07) is 4.70. The summed E-state index contributed by atoms with van der Waals surface area (Å²) in [7, 11) is 0. The highest BCUT2D eigenvalue weighted by Crippen LogP contribution is 2.23. The Kier molecular flexibility index (Phi) is 5.05. The van der Waals surface area contributed by atoms with Crippen LogP contribution in [0.25, 0.3) is 0 Å². The molecule has 0 aliphatic carbocycles. The van der Waals surface area contributed by atoms with Crippen LogP contribution in [0.3, 0.4) is 0 Å². The number of pyridine rings is 1. The average Bonchev–Trinajstić information content (AvgIpc) is 2.79. The Bertz CT molecular complexity index is 670. The van der Waals surface area contributed by atoms with E-state index >= 15 is 0 Å². The molecule has 2 heterocycles. The van der Waals surface area contributed by atoms with Gasteiger partial charge in [-0.15, -0.1) is 0 Å². The quantitative estimate of drug-likeness (QED) is 0.845. The van der Waals surface area contributed by atoms with Gasteiger partial charge in [0.15, 0.2) is 5.13 Å². The van der Waals surface area contributed by atoms with E-state index in [9.17, 15) is 9.59 Å². The Hall–Kier alpha value is -2.48. The number of thiazole rings is 1. The number of aromatic nitrogens is 2. The number of rotatable bonds is 4. The Morgan fingerprint density at radius 2 is 2.05 bits per heavy atom. The Morgan fingerprint density at radius 3 is 2.68 bits per heavy atom. The molecule has 0 radical (unpaired) electrons. The molecular weight excluding hydrogens is 304 g/mol. The van der Waals surface area contributed by atoms with E-state index in [0.717, 1.165) is 11.3 Å². The number of anilines is 2. The molecule has 0 saturated carbocycles. The van der Waals surface area contributed by atoms with Gasteiger partial charge in [-0.25, -0.2) is 19.6 Å². The third kappa shape index (κ3) is 4.26. The molecule has 22 heavy (non-hydrogen) atoms. The number of nitrogens with zero attached hydrogens (tertiary/aromatic N) is 2. The van der Waals surface area contributed by atoms with E-state index in [4.69, 9.17) is 4.74 Å². The van der Waals surface area contributed by atoms with Crippen LogP contribution in [-0.4, -0.2) is 28.1 Å². The second kappa shape index (κ2) is 6.99. The first-order valence-corrected chi connectivity index (χ1v) is 7.45. The van der Waals surface area contributed by atoms with E-state index in [1.54, 1.807) is 45.2 Å². The van der Waals surface area contributed by atoms with Gasteiger partial charge in [-0.05, 0) is 32.9 Å². The van der Waals surface area contributed by atoms with Crippen molar-refractivity contribution in [2.24, 2.45) is 0 Å². The zero-order valence-electron chi connectivity index (χ0n) is 12.4. The predicted octanol–water partition coefficient (Wildman–Crippen LogP) is 3.06. The second-order valence-electron chi connectivity index (χ2n) is 4.68. The fourth-order valence-corrected chi connectivity index (χ4v) is 2.43. The highest BCUT2D eigenvalue weighted by atomic mass is 32.1. The van der Waals surface area contributed by atoms with E-state index in [1.165, 1.54) is 0 Å². The first-order chi connectivity index (χ1) is 10.5. The molecule has 2 rings (SSSR count). The summed E-state index contributed by atoms with van der Waals surface area (Å²) < 4.78 is 5.12. The molecular formula is C14H16N4O3S. The molecule has 0 atom stereocenters. The number of carbonyl (C=O) groups is 2. The van der Waals surface area contributed by atoms with Crippen molar-refractivity contribution >= 4 is 34.3 Å². The van der Waals surface area contributed by atoms with Gasteiger partial charge >= 0.3 is 12.0 Å². The number of esters is 1. The molecule has 0 spiro atoms. The Labute approximate surface area is 131 Å². The van der Waals surface area contributed by atoms with Crippen molar-refractivity contribution in [2.75, 3.05) is 10.6 Å². The van der Waals surface area contributed by atoms with Crippen molar-refractivity contribution in [3.8, 4) is 0 Å². The van der Waals surface area contributed by atoms with Crippen molar-refractivity contribution in [1.82, 2.24) is 9.97 Å². The third-order valence-corrected chi connectivity index (χ3v) is 3.50. The van der Waals surface area contributed by atoms with E-state index in [1.807, 2.05) is 0 Å². The number of hydrogen-bond donors (Lipinski definition) is 2. The second-order valence-corrected chi connectivity index (χ2v) is 5.68. The minimum Gasteiger partial charge on any atom is -0.459 e. The molecule has 116 valence electrons. The van der Waals surface area contributed by atoms with Gasteiger partial charge in [0.1, 0.15) is 10.7 Å². The standard InChI is InChI=1S/C14H16N4O3S/c1-8(2)21-12(19)11-9(3)16-14(22-11)18-13(20)17-10-6-4-5-7-15-10/h4-8H,1-3H3,(H2,15,16,17,18,20). The SMILES string of the molecule is Cc1nc(NC(=O)Nc2ccccn2)sc1C(=O)OC(C)C. The lowest BCUT2D eigenvalue weighted by atomic mass is 10.4. The maximum atomic E-state index is 11.9. The Balaban J connectivity index is 2.01. The number of carbonyl (C=O) groups excluding carboxylic acids is 2. The maximum absolute atomic E-state index is 11.9. The molecule has 0 aliphatic heterocycles. The van der Waals surface area contributed by atoms with E-state index in [0.29, 0.717) is 21.5 Å². The lowest BCUT2D eigenvalue weighted by Crippen LogP contribution is -2.19. The maximum Gasteiger partial charge on any atom is 0.350 e. The number of nitrogens with one attached hydrogen (secondary N) is 2. The van der Waals surface area contributed by atoms with Gasteiger partial charge in [0.25, 0.3) is 0 Å². The van der Waals surface area contributed by atoms with Crippen molar-refractivity contribution in [3.63, 3.8) is 0 Å². The summed E-state index contributed by atoms with van der Waals surface area (Å²) in [4.78, 5) is 32.2. The van der Waals surface area contributed by atoms with Gasteiger partial charge in [0.05, 0.1) is 11.8 Å². The molecule has 2 N–H and O–H groups in total. The zero-order chi connectivity index (χ0) is 16.1. The number of ether oxygens (including phenoxy) is 1. The minimum absolute atomic E-state index is 0.210. The molecule has 0 saturated heterocycles. The predicted molar refractivity (Wildman–Crippen MR) is 84.3 cm³/mol. The lowest BCUT2D eigenvalue weighted by Gasteiger charge is -2.05. The van der Waals surface area contributed by atoms with Gasteiger partial charge in [-0.3, -0.25) is 10.6 Å². The van der Waals surface area contributed by atoms with E-state index < -0.39 is 12.0 Å². The number of urea groups is 1. The van der Waals surface area contributed by atoms with E-state index in [-0.39, 0.29) is 6.10 Å². The summed E-state index contributed by atoms with van der Waals surface area (Å²) in [5.41, 5.74) is 0.517. The summed E-state index contributed by atoms with van der Waals surface area (Å²) >= 11 is 1.07. The Morgan fingerprint density at radius 1 is 1.27 bits per heavy atom. The van der Waals surface area contributed by atoms with Crippen LogP contribution < -0.4 is 10.6 Å². The van der Waals surface area contributed by atoms with Gasteiger partial charge in [0.2, 0.25) is 0 Å². The van der Waals surface area contributed by atoms with Gasteiger partial charge in [-0.2, -0.15) is 0 Å². The number of hydrogen-bond acceptors (Lipinski definition) is 6. The van der Waals surface area contributed by atoms with Crippen LogP contribution >= 0.6 is 11.3 Å². The number of aryl methyl sites for hydroxylation is 1. The normalized spacial score (nSPS) is 10.4. The molecule has 7 nitrogen and oxygen atoms in total. The minimum atomic E-state index is -0.476. The van der Waals surface area contributed by atoms with Crippen molar-refractivity contribution < 1.29 is 14.3 Å². The summed E-state index contributed by atoms with van der Waals surface area (Å²) in [5, 5.41) is 5.46. The third-order valence-electron chi connectivity index (χ3n) is 2.45. The van der Waals surface area contributed by atoms with Crippen molar-refractivity contribution in [1.29, 1.82) is 0 Å². The fraction of sp³-hybridized carbons (Fsp3) is 0.286.